The zero-order valence-electron chi connectivity index (χ0n) is 17.6. The number of nitrogens with zero attached hydrogens (tertiary/aromatic N) is 3. The van der Waals surface area contributed by atoms with Crippen molar-refractivity contribution in [2.24, 2.45) is 11.3 Å². The molecule has 158 valence electrons. The lowest BCUT2D eigenvalue weighted by molar-refractivity contribution is -0.119. The molecule has 0 aliphatic heterocycles. The number of hydrogen-bond donors (Lipinski definition) is 2. The van der Waals surface area contributed by atoms with Crippen LogP contribution in [0.25, 0.3) is 0 Å². The lowest BCUT2D eigenvalue weighted by Crippen LogP contribution is -2.42. The smallest absolute Gasteiger partial charge is 0.279 e. The minimum atomic E-state index is -0.282. The number of aryl methyl sites for hydroxylation is 1. The first-order valence-electron chi connectivity index (χ1n) is 9.88. The number of amides is 2. The second kappa shape index (κ2) is 8.87. The van der Waals surface area contributed by atoms with E-state index >= 15 is 0 Å². The van der Waals surface area contributed by atoms with Gasteiger partial charge in [-0.05, 0) is 56.1 Å². The second-order valence-electron chi connectivity index (χ2n) is 8.77. The summed E-state index contributed by atoms with van der Waals surface area (Å²) >= 11 is 2.82. The van der Waals surface area contributed by atoms with Gasteiger partial charge in [0.1, 0.15) is 6.33 Å². The van der Waals surface area contributed by atoms with Crippen molar-refractivity contribution in [3.05, 3.63) is 27.7 Å². The van der Waals surface area contributed by atoms with Gasteiger partial charge in [0.15, 0.2) is 5.16 Å². The van der Waals surface area contributed by atoms with E-state index in [9.17, 15) is 9.59 Å². The highest BCUT2D eigenvalue weighted by atomic mass is 32.2. The predicted octanol–water partition coefficient (Wildman–Crippen LogP) is 3.62. The fraction of sp³-hybridized carbons (Fsp3) is 0.600. The Bertz CT molecular complexity index is 882. The zero-order valence-corrected chi connectivity index (χ0v) is 19.2. The van der Waals surface area contributed by atoms with Crippen LogP contribution in [0, 0.1) is 11.3 Å². The number of carbonyl (C=O) groups is 2. The maximum absolute atomic E-state index is 12.5. The molecule has 0 aromatic carbocycles. The number of fused-ring (bicyclic) bond motifs is 1. The van der Waals surface area contributed by atoms with Crippen LogP contribution < -0.4 is 10.9 Å². The SMILES string of the molecule is CC(C)n1cnnc1SCC(=O)NNC(=O)c1cc2c(s1)CCC(C(C)(C)C)C2. The van der Waals surface area contributed by atoms with Crippen molar-refractivity contribution in [2.45, 2.75) is 65.1 Å². The van der Waals surface area contributed by atoms with E-state index in [1.165, 1.54) is 33.5 Å². The summed E-state index contributed by atoms with van der Waals surface area (Å²) in [6.07, 6.45) is 4.85. The fourth-order valence-corrected chi connectivity index (χ4v) is 5.37. The standard InChI is InChI=1S/C20H29N5O2S2/c1-12(2)25-11-21-24-19(25)28-10-17(26)22-23-18(27)16-9-13-8-14(20(3,4)5)6-7-15(13)29-16/h9,11-12,14H,6-8,10H2,1-5H3,(H,22,26)(H,23,27). The molecule has 0 saturated carbocycles. The molecule has 1 atom stereocenters. The largest absolute Gasteiger partial charge is 0.306 e. The third-order valence-corrected chi connectivity index (χ3v) is 7.47. The number of thiophene rings is 1. The maximum atomic E-state index is 12.5. The van der Waals surface area contributed by atoms with Gasteiger partial charge in [-0.2, -0.15) is 0 Å². The molecule has 0 radical (unpaired) electrons. The monoisotopic (exact) mass is 435 g/mol. The van der Waals surface area contributed by atoms with Gasteiger partial charge in [0.25, 0.3) is 5.91 Å². The first-order chi connectivity index (χ1) is 13.6. The number of nitrogens with one attached hydrogen (secondary N) is 2. The molecular formula is C20H29N5O2S2. The summed E-state index contributed by atoms with van der Waals surface area (Å²) in [6.45, 7) is 10.9. The van der Waals surface area contributed by atoms with Crippen molar-refractivity contribution in [3.8, 4) is 0 Å². The molecule has 2 heterocycles. The third kappa shape index (κ3) is 5.39. The fourth-order valence-electron chi connectivity index (χ4n) is 3.42. The molecule has 0 bridgehead atoms. The molecule has 2 aromatic heterocycles. The van der Waals surface area contributed by atoms with Crippen molar-refractivity contribution in [1.82, 2.24) is 25.6 Å². The van der Waals surface area contributed by atoms with E-state index in [1.807, 2.05) is 24.5 Å². The summed E-state index contributed by atoms with van der Waals surface area (Å²) in [7, 11) is 0. The van der Waals surface area contributed by atoms with Crippen LogP contribution in [0.1, 0.15) is 67.2 Å². The van der Waals surface area contributed by atoms with Crippen molar-refractivity contribution >= 4 is 34.9 Å². The number of thioether (sulfide) groups is 1. The van der Waals surface area contributed by atoms with Gasteiger partial charge in [0, 0.05) is 10.9 Å². The average Bonchev–Trinajstić information content (AvgIpc) is 3.29. The van der Waals surface area contributed by atoms with Gasteiger partial charge in [-0.3, -0.25) is 20.4 Å². The van der Waals surface area contributed by atoms with Gasteiger partial charge in [-0.25, -0.2) is 0 Å². The van der Waals surface area contributed by atoms with Crippen molar-refractivity contribution < 1.29 is 9.59 Å². The van der Waals surface area contributed by atoms with Crippen LogP contribution in [-0.2, 0) is 17.6 Å². The Labute approximate surface area is 180 Å². The van der Waals surface area contributed by atoms with Gasteiger partial charge < -0.3 is 4.57 Å². The first kappa shape index (κ1) is 21.8. The van der Waals surface area contributed by atoms with E-state index in [1.54, 1.807) is 6.33 Å². The molecule has 0 saturated heterocycles. The summed E-state index contributed by atoms with van der Waals surface area (Å²) in [5.74, 6) is 0.237. The number of hydrazine groups is 1. The molecule has 1 aliphatic rings. The third-order valence-electron chi connectivity index (χ3n) is 5.28. The van der Waals surface area contributed by atoms with Gasteiger partial charge in [0.2, 0.25) is 5.91 Å². The van der Waals surface area contributed by atoms with Gasteiger partial charge in [-0.15, -0.1) is 21.5 Å². The summed E-state index contributed by atoms with van der Waals surface area (Å²) in [6, 6.07) is 2.21. The highest BCUT2D eigenvalue weighted by Crippen LogP contribution is 2.40. The quantitative estimate of drug-likeness (QED) is 0.553. The number of aromatic nitrogens is 3. The minimum absolute atomic E-state index is 0.153. The summed E-state index contributed by atoms with van der Waals surface area (Å²) in [5, 5.41) is 8.58. The second-order valence-corrected chi connectivity index (χ2v) is 10.8. The Balaban J connectivity index is 1.50. The van der Waals surface area contributed by atoms with Crippen LogP contribution in [0.5, 0.6) is 0 Å². The molecule has 3 rings (SSSR count). The summed E-state index contributed by atoms with van der Waals surface area (Å²) in [4.78, 5) is 26.5. The molecule has 1 aliphatic carbocycles. The number of hydrogen-bond acceptors (Lipinski definition) is 6. The predicted molar refractivity (Wildman–Crippen MR) is 116 cm³/mol. The van der Waals surface area contributed by atoms with E-state index in [-0.39, 0.29) is 29.0 Å². The molecule has 1 unspecified atom stereocenters. The topological polar surface area (TPSA) is 88.9 Å². The van der Waals surface area contributed by atoms with Crippen LogP contribution in [0.4, 0.5) is 0 Å². The average molecular weight is 436 g/mol. The van der Waals surface area contributed by atoms with E-state index < -0.39 is 0 Å². The molecule has 7 nitrogen and oxygen atoms in total. The molecule has 9 heteroatoms. The van der Waals surface area contributed by atoms with E-state index in [4.69, 9.17) is 0 Å². The first-order valence-corrected chi connectivity index (χ1v) is 11.7. The Morgan fingerprint density at radius 2 is 2.10 bits per heavy atom. The maximum Gasteiger partial charge on any atom is 0.279 e. The molecule has 29 heavy (non-hydrogen) atoms. The lowest BCUT2D eigenvalue weighted by Gasteiger charge is -2.33. The highest BCUT2D eigenvalue weighted by molar-refractivity contribution is 7.99. The van der Waals surface area contributed by atoms with Crippen molar-refractivity contribution in [1.29, 1.82) is 0 Å². The van der Waals surface area contributed by atoms with Crippen LogP contribution in [-0.4, -0.2) is 32.3 Å². The summed E-state index contributed by atoms with van der Waals surface area (Å²) in [5.41, 5.74) is 6.58. The van der Waals surface area contributed by atoms with Crippen LogP contribution in [0.2, 0.25) is 0 Å². The molecular weight excluding hydrogens is 406 g/mol. The molecule has 0 fully saturated rings. The van der Waals surface area contributed by atoms with Crippen LogP contribution in [0.15, 0.2) is 17.6 Å². The number of carbonyl (C=O) groups excluding carboxylic acids is 2. The van der Waals surface area contributed by atoms with Gasteiger partial charge in [0.05, 0.1) is 10.6 Å². The van der Waals surface area contributed by atoms with Gasteiger partial charge in [-0.1, -0.05) is 32.5 Å². The van der Waals surface area contributed by atoms with Crippen LogP contribution in [0.3, 0.4) is 0 Å². The number of rotatable bonds is 5. The zero-order chi connectivity index (χ0) is 21.2. The van der Waals surface area contributed by atoms with Crippen LogP contribution >= 0.6 is 23.1 Å². The van der Waals surface area contributed by atoms with E-state index in [0.717, 1.165) is 19.3 Å². The Morgan fingerprint density at radius 1 is 1.34 bits per heavy atom. The van der Waals surface area contributed by atoms with Gasteiger partial charge >= 0.3 is 0 Å². The highest BCUT2D eigenvalue weighted by Gasteiger charge is 2.30. The van der Waals surface area contributed by atoms with Crippen molar-refractivity contribution in [3.63, 3.8) is 0 Å². The Hall–Kier alpha value is -1.87. The molecule has 2 amide bonds. The Morgan fingerprint density at radius 3 is 2.79 bits per heavy atom. The van der Waals surface area contributed by atoms with E-state index in [0.29, 0.717) is 16.0 Å². The lowest BCUT2D eigenvalue weighted by atomic mass is 9.72. The molecule has 2 aromatic rings. The Kier molecular flexibility index (Phi) is 6.68. The minimum Gasteiger partial charge on any atom is -0.306 e. The van der Waals surface area contributed by atoms with E-state index in [2.05, 4.69) is 41.8 Å². The molecule has 2 N–H and O–H groups in total. The molecule has 0 spiro atoms. The van der Waals surface area contributed by atoms with Crippen molar-refractivity contribution in [2.75, 3.05) is 5.75 Å². The normalized spacial score (nSPS) is 16.6. The summed E-state index contributed by atoms with van der Waals surface area (Å²) < 4.78 is 1.90.